The van der Waals surface area contributed by atoms with E-state index in [0.29, 0.717) is 34.7 Å². The van der Waals surface area contributed by atoms with E-state index in [4.69, 9.17) is 22.1 Å². The Bertz CT molecular complexity index is 1090. The van der Waals surface area contributed by atoms with Gasteiger partial charge in [-0.15, -0.1) is 0 Å². The van der Waals surface area contributed by atoms with E-state index in [9.17, 15) is 0 Å². The van der Waals surface area contributed by atoms with Crippen molar-refractivity contribution in [2.45, 2.75) is 6.54 Å². The Morgan fingerprint density at radius 1 is 0.926 bits per heavy atom. The molecular formula is C21H17ClN4O. The third-order valence-electron chi connectivity index (χ3n) is 4.21. The second kappa shape index (κ2) is 7.51. The molecular weight excluding hydrogens is 360 g/mol. The molecule has 0 radical (unpaired) electrons. The first-order valence-electron chi connectivity index (χ1n) is 8.46. The highest BCUT2D eigenvalue weighted by Crippen LogP contribution is 2.33. The van der Waals surface area contributed by atoms with E-state index in [1.54, 1.807) is 0 Å². The minimum Gasteiger partial charge on any atom is -0.436 e. The van der Waals surface area contributed by atoms with Crippen LogP contribution < -0.4 is 15.8 Å². The molecule has 0 bridgehead atoms. The van der Waals surface area contributed by atoms with Gasteiger partial charge in [-0.2, -0.15) is 4.98 Å². The molecule has 6 heteroatoms. The average Bonchev–Trinajstić information content (AvgIpc) is 2.70. The molecule has 0 aliphatic carbocycles. The number of anilines is 2. The summed E-state index contributed by atoms with van der Waals surface area (Å²) in [6.45, 7) is 0.495. The Balaban J connectivity index is 1.59. The lowest BCUT2D eigenvalue weighted by atomic mass is 10.1. The first-order chi connectivity index (χ1) is 13.2. The quantitative estimate of drug-likeness (QED) is 0.496. The number of aromatic nitrogens is 2. The van der Waals surface area contributed by atoms with Gasteiger partial charge in [0.15, 0.2) is 5.82 Å². The van der Waals surface area contributed by atoms with Crippen molar-refractivity contribution in [2.24, 2.45) is 0 Å². The molecule has 0 aliphatic heterocycles. The van der Waals surface area contributed by atoms with Crippen LogP contribution in [0.2, 0.25) is 5.02 Å². The summed E-state index contributed by atoms with van der Waals surface area (Å²) >= 11 is 6.20. The first kappa shape index (κ1) is 17.1. The van der Waals surface area contributed by atoms with Gasteiger partial charge in [0.2, 0.25) is 5.88 Å². The van der Waals surface area contributed by atoms with Crippen molar-refractivity contribution in [3.05, 3.63) is 83.6 Å². The largest absolute Gasteiger partial charge is 0.436 e. The Morgan fingerprint density at radius 3 is 2.59 bits per heavy atom. The van der Waals surface area contributed by atoms with Crippen LogP contribution in [0, 0.1) is 0 Å². The highest BCUT2D eigenvalue weighted by atomic mass is 35.5. The molecule has 5 nitrogen and oxygen atoms in total. The maximum absolute atomic E-state index is 6.23. The van der Waals surface area contributed by atoms with Crippen LogP contribution >= 0.6 is 11.6 Å². The number of nitrogens with two attached hydrogens (primary N) is 1. The standard InChI is InChI=1S/C21H17ClN4O/c22-17-10-4-2-7-15(17)12-24-20-19(23)21(26-13-25-20)27-18-11-5-8-14-6-1-3-9-16(14)18/h1-11,13H,12,23H2,(H,24,25,26). The Kier molecular flexibility index (Phi) is 4.77. The second-order valence-corrected chi connectivity index (χ2v) is 6.37. The fourth-order valence-corrected chi connectivity index (χ4v) is 3.01. The zero-order valence-corrected chi connectivity index (χ0v) is 15.1. The molecule has 0 saturated carbocycles. The predicted molar refractivity (Wildman–Crippen MR) is 109 cm³/mol. The molecule has 0 amide bonds. The van der Waals surface area contributed by atoms with Crippen LogP contribution in [0.3, 0.4) is 0 Å². The molecule has 0 aliphatic rings. The van der Waals surface area contributed by atoms with Crippen LogP contribution in [0.5, 0.6) is 11.6 Å². The van der Waals surface area contributed by atoms with E-state index < -0.39 is 0 Å². The van der Waals surface area contributed by atoms with Gasteiger partial charge in [0, 0.05) is 17.0 Å². The third-order valence-corrected chi connectivity index (χ3v) is 4.58. The number of nitrogen functional groups attached to an aromatic ring is 1. The van der Waals surface area contributed by atoms with Gasteiger partial charge in [0.1, 0.15) is 17.8 Å². The molecule has 1 aromatic heterocycles. The van der Waals surface area contributed by atoms with Crippen LogP contribution in [0.25, 0.3) is 10.8 Å². The molecule has 0 saturated heterocycles. The number of ether oxygens (including phenoxy) is 1. The van der Waals surface area contributed by atoms with Crippen LogP contribution in [-0.2, 0) is 6.54 Å². The van der Waals surface area contributed by atoms with Crippen molar-refractivity contribution in [1.29, 1.82) is 0 Å². The summed E-state index contributed by atoms with van der Waals surface area (Å²) in [5.74, 6) is 1.50. The minimum absolute atomic E-state index is 0.308. The average molecular weight is 377 g/mol. The summed E-state index contributed by atoms with van der Waals surface area (Å²) in [5.41, 5.74) is 7.53. The Morgan fingerprint density at radius 2 is 1.70 bits per heavy atom. The summed E-state index contributed by atoms with van der Waals surface area (Å²) in [5, 5.41) is 5.95. The van der Waals surface area contributed by atoms with Crippen molar-refractivity contribution in [3.63, 3.8) is 0 Å². The second-order valence-electron chi connectivity index (χ2n) is 5.97. The van der Waals surface area contributed by atoms with E-state index in [-0.39, 0.29) is 0 Å². The van der Waals surface area contributed by atoms with Gasteiger partial charge in [-0.3, -0.25) is 0 Å². The molecule has 0 fully saturated rings. The lowest BCUT2D eigenvalue weighted by Gasteiger charge is -2.13. The van der Waals surface area contributed by atoms with Crippen LogP contribution in [0.4, 0.5) is 11.5 Å². The summed E-state index contributed by atoms with van der Waals surface area (Å²) in [6.07, 6.45) is 1.42. The summed E-state index contributed by atoms with van der Waals surface area (Å²) in [7, 11) is 0. The number of rotatable bonds is 5. The van der Waals surface area contributed by atoms with Crippen molar-refractivity contribution in [3.8, 4) is 11.6 Å². The molecule has 4 aromatic rings. The van der Waals surface area contributed by atoms with E-state index >= 15 is 0 Å². The smallest absolute Gasteiger partial charge is 0.248 e. The van der Waals surface area contributed by atoms with Gasteiger partial charge in [0.25, 0.3) is 0 Å². The Hall–Kier alpha value is -3.31. The lowest BCUT2D eigenvalue weighted by molar-refractivity contribution is 0.470. The number of halogens is 1. The van der Waals surface area contributed by atoms with Gasteiger partial charge in [-0.25, -0.2) is 4.98 Å². The number of fused-ring (bicyclic) bond motifs is 1. The highest BCUT2D eigenvalue weighted by molar-refractivity contribution is 6.31. The van der Waals surface area contributed by atoms with Crippen molar-refractivity contribution >= 4 is 33.9 Å². The Labute approximate surface area is 161 Å². The summed E-state index contributed by atoms with van der Waals surface area (Å²) in [4.78, 5) is 8.41. The van der Waals surface area contributed by atoms with Gasteiger partial charge in [0.05, 0.1) is 0 Å². The molecule has 0 atom stereocenters. The van der Waals surface area contributed by atoms with E-state index in [2.05, 4.69) is 15.3 Å². The number of benzene rings is 3. The maximum atomic E-state index is 6.23. The maximum Gasteiger partial charge on any atom is 0.248 e. The molecule has 1 heterocycles. The van der Waals surface area contributed by atoms with Gasteiger partial charge < -0.3 is 15.8 Å². The number of hydrogen-bond acceptors (Lipinski definition) is 5. The van der Waals surface area contributed by atoms with Crippen molar-refractivity contribution in [1.82, 2.24) is 9.97 Å². The number of hydrogen-bond donors (Lipinski definition) is 2. The molecule has 134 valence electrons. The van der Waals surface area contributed by atoms with Gasteiger partial charge in [-0.1, -0.05) is 66.2 Å². The van der Waals surface area contributed by atoms with Gasteiger partial charge in [-0.05, 0) is 23.1 Å². The molecule has 4 rings (SSSR count). The summed E-state index contributed by atoms with van der Waals surface area (Å²) in [6, 6.07) is 21.5. The van der Waals surface area contributed by atoms with Crippen LogP contribution in [-0.4, -0.2) is 9.97 Å². The molecule has 3 N–H and O–H groups in total. The zero-order chi connectivity index (χ0) is 18.6. The molecule has 3 aromatic carbocycles. The van der Waals surface area contributed by atoms with E-state index in [0.717, 1.165) is 16.3 Å². The van der Waals surface area contributed by atoms with Crippen molar-refractivity contribution < 1.29 is 4.74 Å². The third kappa shape index (κ3) is 3.64. The molecule has 0 spiro atoms. The summed E-state index contributed by atoms with van der Waals surface area (Å²) < 4.78 is 6.00. The topological polar surface area (TPSA) is 73.1 Å². The minimum atomic E-state index is 0.308. The molecule has 27 heavy (non-hydrogen) atoms. The van der Waals surface area contributed by atoms with E-state index in [1.165, 1.54) is 6.33 Å². The highest BCUT2D eigenvalue weighted by Gasteiger charge is 2.12. The monoisotopic (exact) mass is 376 g/mol. The normalized spacial score (nSPS) is 10.7. The molecule has 0 unspecified atom stereocenters. The fraction of sp³-hybridized carbons (Fsp3) is 0.0476. The van der Waals surface area contributed by atoms with Gasteiger partial charge >= 0.3 is 0 Å². The van der Waals surface area contributed by atoms with Crippen LogP contribution in [0.1, 0.15) is 5.56 Å². The SMILES string of the molecule is Nc1c(NCc2ccccc2Cl)ncnc1Oc1cccc2ccccc12. The van der Waals surface area contributed by atoms with Crippen LogP contribution in [0.15, 0.2) is 73.1 Å². The number of nitrogens with zero attached hydrogens (tertiary/aromatic N) is 2. The number of nitrogens with one attached hydrogen (secondary N) is 1. The lowest BCUT2D eigenvalue weighted by Crippen LogP contribution is -2.07. The zero-order valence-electron chi connectivity index (χ0n) is 14.4. The first-order valence-corrected chi connectivity index (χ1v) is 8.83. The van der Waals surface area contributed by atoms with E-state index in [1.807, 2.05) is 66.7 Å². The van der Waals surface area contributed by atoms with Crippen molar-refractivity contribution in [2.75, 3.05) is 11.1 Å². The predicted octanol–water partition coefficient (Wildman–Crippen LogP) is 5.27. The fourth-order valence-electron chi connectivity index (χ4n) is 2.81.